The van der Waals surface area contributed by atoms with Crippen molar-refractivity contribution in [2.75, 3.05) is 6.61 Å². The Bertz CT molecular complexity index is 1890. The number of ketones is 3. The number of benzene rings is 1. The van der Waals surface area contributed by atoms with Crippen LogP contribution in [0.1, 0.15) is 105 Å². The zero-order chi connectivity index (χ0) is 44.2. The Labute approximate surface area is 340 Å². The number of aliphatic hydroxyl groups is 6. The van der Waals surface area contributed by atoms with E-state index < -0.39 is 111 Å². The van der Waals surface area contributed by atoms with Crippen LogP contribution in [-0.2, 0) is 19.1 Å². The van der Waals surface area contributed by atoms with Gasteiger partial charge in [0.1, 0.15) is 41.2 Å². The largest absolute Gasteiger partial charge is 0.504 e. The molecular weight excluding hydrogens is 748 g/mol. The first-order valence-electron chi connectivity index (χ1n) is 19.5. The molecule has 1 aromatic carbocycles. The zero-order valence-corrected chi connectivity index (χ0v) is 35.1. The standard InChI is InChI=1S/C45H62O13/c1-23(2)11-13-28(26(7)8)20-44-21-29(15-12-24(3)4)43(9,10)45(42(44)57,18-17-25(5)6)39(55)33(34(50)27-14-16-30(47)31(48)19-27)40(44)58-41(56)38(54)37(53)36(52)35(51)32(49)22-46/h11-12,14,16-17,19,28-29,32,35-38,46-49,51-54H,7,13,15,18,20-22H2,1-6,8-10H3/t28-,29+,32+,35+,36+,37-,38-,44+,45-/m0/s1. The highest BCUT2D eigenvalue weighted by atomic mass is 16.6. The second kappa shape index (κ2) is 18.8. The highest BCUT2D eigenvalue weighted by Gasteiger charge is 2.73. The number of hydrogen-bond donors (Lipinski definition) is 8. The number of allylic oxidation sites excluding steroid dienone is 9. The summed E-state index contributed by atoms with van der Waals surface area (Å²) in [5.74, 6) is -7.24. The van der Waals surface area contributed by atoms with E-state index in [4.69, 9.17) is 4.74 Å². The van der Waals surface area contributed by atoms with E-state index in [0.29, 0.717) is 18.4 Å². The van der Waals surface area contributed by atoms with Gasteiger partial charge in [-0.3, -0.25) is 14.4 Å². The van der Waals surface area contributed by atoms with Crippen molar-refractivity contribution in [3.63, 3.8) is 0 Å². The molecule has 1 aromatic rings. The molecule has 0 aromatic heterocycles. The van der Waals surface area contributed by atoms with E-state index in [-0.39, 0.29) is 24.8 Å². The van der Waals surface area contributed by atoms with Crippen molar-refractivity contribution in [3.05, 3.63) is 82.2 Å². The maximum Gasteiger partial charge on any atom is 0.342 e. The van der Waals surface area contributed by atoms with Crippen LogP contribution in [0.25, 0.3) is 0 Å². The maximum absolute atomic E-state index is 15.9. The van der Waals surface area contributed by atoms with E-state index in [1.165, 1.54) is 0 Å². The van der Waals surface area contributed by atoms with Gasteiger partial charge in [-0.15, -0.1) is 0 Å². The van der Waals surface area contributed by atoms with E-state index in [2.05, 4.69) is 6.58 Å². The van der Waals surface area contributed by atoms with Crippen LogP contribution in [0.4, 0.5) is 0 Å². The van der Waals surface area contributed by atoms with Crippen molar-refractivity contribution in [3.8, 4) is 11.5 Å². The van der Waals surface area contributed by atoms with Crippen LogP contribution in [0.5, 0.6) is 11.5 Å². The molecule has 58 heavy (non-hydrogen) atoms. The summed E-state index contributed by atoms with van der Waals surface area (Å²) in [7, 11) is 0. The summed E-state index contributed by atoms with van der Waals surface area (Å²) in [4.78, 5) is 60.5. The lowest BCUT2D eigenvalue weighted by molar-refractivity contribution is -0.181. The van der Waals surface area contributed by atoms with Gasteiger partial charge in [0, 0.05) is 5.56 Å². The quantitative estimate of drug-likeness (QED) is 0.0251. The Morgan fingerprint density at radius 3 is 1.97 bits per heavy atom. The SMILES string of the molecule is C=C(C)[C@@H](CC=C(C)C)C[C@@]12C[C@@H](CC=C(C)C)C(C)(C)[C@@](CC=C(C)C)(C(=O)C(C(=O)c3ccc(O)c(O)c3)=C1OC(=O)[C@@H](O)[C@@H](O)[C@H](O)[C@H](O)[C@H](O)CO)C2=O. The van der Waals surface area contributed by atoms with Gasteiger partial charge < -0.3 is 45.6 Å². The topological polar surface area (TPSA) is 239 Å². The molecular formula is C45H62O13. The Hall–Kier alpha value is -4.24. The highest BCUT2D eigenvalue weighted by molar-refractivity contribution is 6.35. The number of fused-ring (bicyclic) bond motifs is 2. The molecule has 0 aliphatic heterocycles. The fourth-order valence-corrected chi connectivity index (χ4v) is 8.24. The van der Waals surface area contributed by atoms with Gasteiger partial charge in [-0.05, 0) is 116 Å². The molecule has 13 heteroatoms. The van der Waals surface area contributed by atoms with E-state index >= 15 is 9.59 Å². The molecule has 13 nitrogen and oxygen atoms in total. The number of Topliss-reactive ketones (excluding diaryl/α,β-unsaturated/α-hetero) is 3. The van der Waals surface area contributed by atoms with Gasteiger partial charge in [-0.1, -0.05) is 60.9 Å². The van der Waals surface area contributed by atoms with Crippen molar-refractivity contribution in [2.45, 2.75) is 125 Å². The summed E-state index contributed by atoms with van der Waals surface area (Å²) >= 11 is 0. The van der Waals surface area contributed by atoms with Gasteiger partial charge in [0.15, 0.2) is 35.0 Å². The number of phenols is 2. The Kier molecular flexibility index (Phi) is 15.6. The third-order valence-corrected chi connectivity index (χ3v) is 12.1. The van der Waals surface area contributed by atoms with Crippen LogP contribution in [0, 0.1) is 28.1 Å². The Balaban J connectivity index is 2.58. The normalized spacial score (nSPS) is 24.4. The second-order valence-electron chi connectivity index (χ2n) is 17.4. The molecule has 1 fully saturated rings. The molecule has 0 saturated heterocycles. The molecule has 3 rings (SSSR count). The minimum atomic E-state index is -2.68. The number of ether oxygens (including phenoxy) is 1. The molecule has 2 aliphatic rings. The van der Waals surface area contributed by atoms with Gasteiger partial charge in [-0.25, -0.2) is 4.79 Å². The number of aliphatic hydroxyl groups excluding tert-OH is 6. The van der Waals surface area contributed by atoms with E-state index in [0.717, 1.165) is 34.9 Å². The number of rotatable bonds is 18. The van der Waals surface area contributed by atoms with Crippen molar-refractivity contribution in [1.29, 1.82) is 0 Å². The second-order valence-corrected chi connectivity index (χ2v) is 17.4. The fraction of sp³-hybridized carbons (Fsp3) is 0.556. The summed E-state index contributed by atoms with van der Waals surface area (Å²) in [5, 5.41) is 82.5. The minimum Gasteiger partial charge on any atom is -0.504 e. The maximum atomic E-state index is 15.9. The molecule has 0 radical (unpaired) electrons. The molecule has 320 valence electrons. The molecule has 8 N–H and O–H groups in total. The molecule has 0 unspecified atom stereocenters. The summed E-state index contributed by atoms with van der Waals surface area (Å²) in [6.45, 7) is 19.8. The van der Waals surface area contributed by atoms with Crippen LogP contribution in [0.2, 0.25) is 0 Å². The molecule has 2 aliphatic carbocycles. The number of phenolic OH excluding ortho intramolecular Hbond substituents is 2. The summed E-state index contributed by atoms with van der Waals surface area (Å²) in [6, 6.07) is 3.11. The monoisotopic (exact) mass is 810 g/mol. The smallest absolute Gasteiger partial charge is 0.342 e. The molecule has 2 bridgehead atoms. The minimum absolute atomic E-state index is 0.0477. The highest BCUT2D eigenvalue weighted by Crippen LogP contribution is 2.67. The lowest BCUT2D eigenvalue weighted by atomic mass is 9.39. The molecule has 0 spiro atoms. The van der Waals surface area contributed by atoms with E-state index in [1.807, 2.05) is 53.7 Å². The Morgan fingerprint density at radius 1 is 0.862 bits per heavy atom. The van der Waals surface area contributed by atoms with Gasteiger partial charge in [0.05, 0.1) is 12.0 Å². The first kappa shape index (κ1) is 48.1. The van der Waals surface area contributed by atoms with Crippen LogP contribution < -0.4 is 0 Å². The van der Waals surface area contributed by atoms with Gasteiger partial charge >= 0.3 is 5.97 Å². The summed E-state index contributed by atoms with van der Waals surface area (Å²) in [6.07, 6.45) is -5.66. The third-order valence-electron chi connectivity index (χ3n) is 12.1. The zero-order valence-electron chi connectivity index (χ0n) is 35.1. The Morgan fingerprint density at radius 2 is 1.45 bits per heavy atom. The number of carbonyl (C=O) groups excluding carboxylic acids is 4. The van der Waals surface area contributed by atoms with Crippen molar-refractivity contribution in [2.24, 2.45) is 28.1 Å². The molecule has 1 saturated carbocycles. The first-order chi connectivity index (χ1) is 26.8. The number of esters is 1. The molecule has 0 heterocycles. The number of aromatic hydroxyl groups is 2. The van der Waals surface area contributed by atoms with Crippen LogP contribution in [0.3, 0.4) is 0 Å². The molecule has 9 atom stereocenters. The number of hydrogen-bond acceptors (Lipinski definition) is 13. The van der Waals surface area contributed by atoms with Crippen LogP contribution in [-0.4, -0.2) is 101 Å². The average Bonchev–Trinajstić information content (AvgIpc) is 3.15. The van der Waals surface area contributed by atoms with Gasteiger partial charge in [0.2, 0.25) is 0 Å². The number of carbonyl (C=O) groups is 4. The van der Waals surface area contributed by atoms with Crippen molar-refractivity contribution in [1.82, 2.24) is 0 Å². The van der Waals surface area contributed by atoms with Crippen molar-refractivity contribution < 1.29 is 64.8 Å². The predicted octanol–water partition coefficient (Wildman–Crippen LogP) is 4.70. The first-order valence-corrected chi connectivity index (χ1v) is 19.5. The average molecular weight is 811 g/mol. The summed E-state index contributed by atoms with van der Waals surface area (Å²) in [5.41, 5.74) is -2.66. The van der Waals surface area contributed by atoms with Crippen LogP contribution >= 0.6 is 0 Å². The lowest BCUT2D eigenvalue weighted by Crippen LogP contribution is -2.67. The lowest BCUT2D eigenvalue weighted by Gasteiger charge is -2.61. The van der Waals surface area contributed by atoms with Gasteiger partial charge in [0.25, 0.3) is 0 Å². The fourth-order valence-electron chi connectivity index (χ4n) is 8.24. The third kappa shape index (κ3) is 9.30. The predicted molar refractivity (Wildman–Crippen MR) is 216 cm³/mol. The molecule has 0 amide bonds. The van der Waals surface area contributed by atoms with Crippen LogP contribution in [0.15, 0.2) is 76.6 Å². The van der Waals surface area contributed by atoms with Crippen molar-refractivity contribution >= 4 is 23.3 Å². The van der Waals surface area contributed by atoms with E-state index in [9.17, 15) is 50.4 Å². The van der Waals surface area contributed by atoms with E-state index in [1.54, 1.807) is 26.8 Å². The van der Waals surface area contributed by atoms with Gasteiger partial charge in [-0.2, -0.15) is 0 Å². The summed E-state index contributed by atoms with van der Waals surface area (Å²) < 4.78 is 5.92.